The number of nitrogens with zero attached hydrogens (tertiary/aromatic N) is 1. The van der Waals surface area contributed by atoms with E-state index in [1.54, 1.807) is 12.1 Å². The Hall–Kier alpha value is -3.66. The first-order valence-corrected chi connectivity index (χ1v) is 10.3. The van der Waals surface area contributed by atoms with Crippen LogP contribution in [0.5, 0.6) is 0 Å². The number of fused-ring (bicyclic) bond motifs is 6. The average molecular weight is 392 g/mol. The van der Waals surface area contributed by atoms with Crippen molar-refractivity contribution in [3.05, 3.63) is 117 Å². The predicted octanol–water partition coefficient (Wildman–Crippen LogP) is 6.22. The van der Waals surface area contributed by atoms with Crippen molar-refractivity contribution in [2.45, 2.75) is 18.4 Å². The molecule has 4 aromatic rings. The highest BCUT2D eigenvalue weighted by molar-refractivity contribution is 5.87. The molecule has 4 heteroatoms. The van der Waals surface area contributed by atoms with Crippen LogP contribution in [0, 0.1) is 16.0 Å². The number of non-ortho nitro benzene ring substituents is 1. The third kappa shape index (κ3) is 2.47. The van der Waals surface area contributed by atoms with Gasteiger partial charge in [0.05, 0.1) is 11.0 Å². The molecule has 3 atom stereocenters. The Morgan fingerprint density at radius 3 is 2.50 bits per heavy atom. The number of nitro groups is 1. The van der Waals surface area contributed by atoms with Gasteiger partial charge in [-0.15, -0.1) is 0 Å². The summed E-state index contributed by atoms with van der Waals surface area (Å²) in [6.45, 7) is 0. The molecule has 146 valence electrons. The van der Waals surface area contributed by atoms with Crippen LogP contribution in [0.2, 0.25) is 0 Å². The summed E-state index contributed by atoms with van der Waals surface area (Å²) in [7, 11) is 0. The molecular formula is C26H20N2O2. The topological polar surface area (TPSA) is 55.2 Å². The summed E-state index contributed by atoms with van der Waals surface area (Å²) in [5, 5.41) is 17.7. The van der Waals surface area contributed by atoms with Gasteiger partial charge < -0.3 is 5.32 Å². The highest BCUT2D eigenvalue weighted by atomic mass is 16.6. The molecule has 4 aromatic carbocycles. The minimum atomic E-state index is -0.299. The van der Waals surface area contributed by atoms with Crippen molar-refractivity contribution in [1.29, 1.82) is 0 Å². The molecule has 0 saturated heterocycles. The fraction of sp³-hybridized carbons (Fsp3) is 0.154. The number of hydrogen-bond acceptors (Lipinski definition) is 3. The summed E-state index contributed by atoms with van der Waals surface area (Å²) >= 11 is 0. The van der Waals surface area contributed by atoms with Crippen molar-refractivity contribution >= 4 is 22.1 Å². The number of hydrogen-bond donors (Lipinski definition) is 1. The van der Waals surface area contributed by atoms with Gasteiger partial charge in [0.15, 0.2) is 0 Å². The van der Waals surface area contributed by atoms with E-state index in [4.69, 9.17) is 0 Å². The lowest BCUT2D eigenvalue weighted by molar-refractivity contribution is -0.384. The maximum absolute atomic E-state index is 11.4. The van der Waals surface area contributed by atoms with Crippen molar-refractivity contribution < 1.29 is 4.92 Å². The van der Waals surface area contributed by atoms with Crippen LogP contribution in [0.1, 0.15) is 34.2 Å². The third-order valence-electron chi connectivity index (χ3n) is 6.75. The Bertz CT molecular complexity index is 1310. The third-order valence-corrected chi connectivity index (χ3v) is 6.75. The number of rotatable bonds is 2. The Morgan fingerprint density at radius 1 is 0.833 bits per heavy atom. The highest BCUT2D eigenvalue weighted by Crippen LogP contribution is 2.54. The maximum Gasteiger partial charge on any atom is 0.269 e. The van der Waals surface area contributed by atoms with Gasteiger partial charge in [0.1, 0.15) is 0 Å². The molecule has 1 aliphatic carbocycles. The van der Waals surface area contributed by atoms with Crippen LogP contribution in [0.3, 0.4) is 0 Å². The van der Waals surface area contributed by atoms with Gasteiger partial charge in [0.25, 0.3) is 5.69 Å². The van der Waals surface area contributed by atoms with E-state index >= 15 is 0 Å². The quantitative estimate of drug-likeness (QED) is 0.325. The van der Waals surface area contributed by atoms with E-state index in [0.29, 0.717) is 5.92 Å². The van der Waals surface area contributed by atoms with E-state index < -0.39 is 0 Å². The fourth-order valence-corrected chi connectivity index (χ4v) is 5.49. The first-order valence-electron chi connectivity index (χ1n) is 10.3. The maximum atomic E-state index is 11.4. The first-order chi connectivity index (χ1) is 14.7. The van der Waals surface area contributed by atoms with Crippen LogP contribution >= 0.6 is 0 Å². The highest BCUT2D eigenvalue weighted by Gasteiger charge is 2.44. The van der Waals surface area contributed by atoms with E-state index in [0.717, 1.165) is 17.7 Å². The molecule has 1 N–H and O–H groups in total. The predicted molar refractivity (Wildman–Crippen MR) is 119 cm³/mol. The first kappa shape index (κ1) is 17.2. The van der Waals surface area contributed by atoms with Gasteiger partial charge in [-0.2, -0.15) is 0 Å². The van der Waals surface area contributed by atoms with Crippen LogP contribution < -0.4 is 5.32 Å². The SMILES string of the molecule is O=[N+]([O-])c1ccc2c(c1)[C@@H]1c3ccccc3C[C@@H]1[C@@H](c1cccc3ccccc13)N2. The molecule has 1 aliphatic heterocycles. The van der Waals surface area contributed by atoms with Crippen LogP contribution in [-0.4, -0.2) is 4.92 Å². The van der Waals surface area contributed by atoms with Gasteiger partial charge in [0, 0.05) is 23.7 Å². The molecular weight excluding hydrogens is 372 g/mol. The molecule has 0 fully saturated rings. The molecule has 0 spiro atoms. The summed E-state index contributed by atoms with van der Waals surface area (Å²) in [6.07, 6.45) is 0.962. The monoisotopic (exact) mass is 392 g/mol. The van der Waals surface area contributed by atoms with Crippen LogP contribution in [-0.2, 0) is 6.42 Å². The second-order valence-electron chi connectivity index (χ2n) is 8.26. The second-order valence-corrected chi connectivity index (χ2v) is 8.26. The Kier molecular flexibility index (Phi) is 3.69. The van der Waals surface area contributed by atoms with E-state index in [-0.39, 0.29) is 22.6 Å². The van der Waals surface area contributed by atoms with Crippen molar-refractivity contribution in [2.24, 2.45) is 5.92 Å². The minimum Gasteiger partial charge on any atom is -0.378 e. The minimum absolute atomic E-state index is 0.141. The summed E-state index contributed by atoms with van der Waals surface area (Å²) in [4.78, 5) is 11.1. The van der Waals surface area contributed by atoms with E-state index in [1.165, 1.54) is 27.5 Å². The molecule has 0 radical (unpaired) electrons. The summed E-state index contributed by atoms with van der Waals surface area (Å²) < 4.78 is 0. The lowest BCUT2D eigenvalue weighted by atomic mass is 9.75. The van der Waals surface area contributed by atoms with Crippen molar-refractivity contribution in [1.82, 2.24) is 0 Å². The Morgan fingerprint density at radius 2 is 1.60 bits per heavy atom. The number of anilines is 1. The lowest BCUT2D eigenvalue weighted by Crippen LogP contribution is -2.30. The average Bonchev–Trinajstić information content (AvgIpc) is 3.18. The summed E-state index contributed by atoms with van der Waals surface area (Å²) in [6, 6.07) is 28.9. The zero-order valence-corrected chi connectivity index (χ0v) is 16.3. The van der Waals surface area contributed by atoms with Crippen molar-refractivity contribution in [2.75, 3.05) is 5.32 Å². The van der Waals surface area contributed by atoms with Crippen LogP contribution in [0.25, 0.3) is 10.8 Å². The Labute approximate surface area is 174 Å². The fourth-order valence-electron chi connectivity index (χ4n) is 5.49. The Balaban J connectivity index is 1.57. The molecule has 4 nitrogen and oxygen atoms in total. The molecule has 0 aromatic heterocycles. The molecule has 30 heavy (non-hydrogen) atoms. The van der Waals surface area contributed by atoms with Crippen molar-refractivity contribution in [3.8, 4) is 0 Å². The van der Waals surface area contributed by atoms with Crippen molar-refractivity contribution in [3.63, 3.8) is 0 Å². The van der Waals surface area contributed by atoms with E-state index in [2.05, 4.69) is 72.0 Å². The molecule has 1 heterocycles. The molecule has 0 amide bonds. The van der Waals surface area contributed by atoms with Crippen LogP contribution in [0.15, 0.2) is 84.9 Å². The van der Waals surface area contributed by atoms with E-state index in [9.17, 15) is 10.1 Å². The van der Waals surface area contributed by atoms with Gasteiger partial charge in [-0.3, -0.25) is 10.1 Å². The number of benzene rings is 4. The summed E-state index contributed by atoms with van der Waals surface area (Å²) in [5.74, 6) is 0.462. The standard InChI is InChI=1S/C26H20N2O2/c29-28(30)18-12-13-24-22(15-18)25-20-10-4-2-7-17(20)14-23(25)26(27-24)21-11-5-8-16-6-1-3-9-19(16)21/h1-13,15,23,25-27H,14H2/t23-,25-,26+/m0/s1. The normalized spacial score (nSPS) is 21.4. The van der Waals surface area contributed by atoms with E-state index in [1.807, 2.05) is 6.07 Å². The largest absolute Gasteiger partial charge is 0.378 e. The second kappa shape index (κ2) is 6.42. The molecule has 0 unspecified atom stereocenters. The summed E-state index contributed by atoms with van der Waals surface area (Å²) in [5.41, 5.74) is 6.13. The van der Waals surface area contributed by atoms with Crippen LogP contribution in [0.4, 0.5) is 11.4 Å². The molecule has 6 rings (SSSR count). The van der Waals surface area contributed by atoms with Gasteiger partial charge >= 0.3 is 0 Å². The van der Waals surface area contributed by atoms with Gasteiger partial charge in [-0.05, 0) is 51.4 Å². The number of nitrogens with one attached hydrogen (secondary N) is 1. The van der Waals surface area contributed by atoms with Gasteiger partial charge in [0.2, 0.25) is 0 Å². The van der Waals surface area contributed by atoms with Gasteiger partial charge in [-0.25, -0.2) is 0 Å². The molecule has 2 aliphatic rings. The zero-order valence-electron chi connectivity index (χ0n) is 16.3. The number of nitro benzene ring substituents is 1. The smallest absolute Gasteiger partial charge is 0.269 e. The molecule has 0 saturated carbocycles. The zero-order chi connectivity index (χ0) is 20.2. The van der Waals surface area contributed by atoms with Gasteiger partial charge in [-0.1, -0.05) is 66.7 Å². The molecule has 0 bridgehead atoms. The lowest BCUT2D eigenvalue weighted by Gasteiger charge is -2.38.